The van der Waals surface area contributed by atoms with E-state index in [2.05, 4.69) is 37.2 Å². The summed E-state index contributed by atoms with van der Waals surface area (Å²) < 4.78 is 0. The summed E-state index contributed by atoms with van der Waals surface area (Å²) in [5.74, 6) is -11.8. The number of aliphatic carboxylic acids is 2. The molecule has 0 saturated carbocycles. The zero-order valence-electron chi connectivity index (χ0n) is 34.7. The third-order valence-corrected chi connectivity index (χ3v) is 8.79. The molecule has 22 heteroatoms. The summed E-state index contributed by atoms with van der Waals surface area (Å²) in [6.07, 6.45) is -1.71. The second-order valence-electron chi connectivity index (χ2n) is 15.4. The van der Waals surface area contributed by atoms with E-state index >= 15 is 0 Å². The Morgan fingerprint density at radius 1 is 0.600 bits per heavy atom. The molecule has 0 radical (unpaired) electrons. The lowest BCUT2D eigenvalue weighted by Gasteiger charge is -2.29. The largest absolute Gasteiger partial charge is 0.508 e. The van der Waals surface area contributed by atoms with Crippen LogP contribution in [0.1, 0.15) is 73.3 Å². The molecule has 7 atom stereocenters. The third kappa shape index (κ3) is 18.5. The van der Waals surface area contributed by atoms with Crippen LogP contribution in [-0.2, 0) is 54.4 Å². The summed E-state index contributed by atoms with van der Waals surface area (Å²) in [5, 5.41) is 44.7. The highest BCUT2D eigenvalue weighted by molar-refractivity contribution is 5.99. The Bertz CT molecular complexity index is 1720. The van der Waals surface area contributed by atoms with Crippen LogP contribution < -0.4 is 48.7 Å². The summed E-state index contributed by atoms with van der Waals surface area (Å²) >= 11 is 0. The van der Waals surface area contributed by atoms with Gasteiger partial charge in [0.1, 0.15) is 42.0 Å². The number of phenolic OH excluding ortho intramolecular Hbond substituents is 1. The fourth-order valence-electron chi connectivity index (χ4n) is 5.52. The average molecular weight is 850 g/mol. The number of carbonyl (C=O) groups is 10. The van der Waals surface area contributed by atoms with Gasteiger partial charge >= 0.3 is 11.9 Å². The molecule has 1 aromatic carbocycles. The number of primary amides is 1. The molecular formula is C38H59N9O13. The first kappa shape index (κ1) is 51.7. The molecule has 334 valence electrons. The minimum absolute atomic E-state index is 0.0174. The number of aromatic hydroxyl groups is 1. The summed E-state index contributed by atoms with van der Waals surface area (Å²) in [7, 11) is 0. The van der Waals surface area contributed by atoms with Crippen LogP contribution in [0.15, 0.2) is 24.3 Å². The lowest BCUT2D eigenvalue weighted by molar-refractivity contribution is -0.144. The second kappa shape index (κ2) is 24.6. The maximum atomic E-state index is 13.6. The van der Waals surface area contributed by atoms with Gasteiger partial charge in [-0.15, -0.1) is 0 Å². The number of nitrogens with two attached hydrogens (primary N) is 2. The lowest BCUT2D eigenvalue weighted by Crippen LogP contribution is -2.61. The average Bonchev–Trinajstić information content (AvgIpc) is 3.13. The van der Waals surface area contributed by atoms with Crippen molar-refractivity contribution < 1.29 is 63.3 Å². The number of carbonyl (C=O) groups excluding carboxylic acids is 8. The molecule has 14 N–H and O–H groups in total. The predicted octanol–water partition coefficient (Wildman–Crippen LogP) is -2.90. The highest BCUT2D eigenvalue weighted by atomic mass is 16.4. The van der Waals surface area contributed by atoms with Crippen molar-refractivity contribution in [2.45, 2.75) is 116 Å². The molecule has 60 heavy (non-hydrogen) atoms. The first-order chi connectivity index (χ1) is 27.8. The van der Waals surface area contributed by atoms with Gasteiger partial charge in [-0.2, -0.15) is 0 Å². The van der Waals surface area contributed by atoms with Gasteiger partial charge in [-0.25, -0.2) is 4.79 Å². The van der Waals surface area contributed by atoms with E-state index in [1.807, 2.05) is 0 Å². The predicted molar refractivity (Wildman–Crippen MR) is 213 cm³/mol. The fourth-order valence-corrected chi connectivity index (χ4v) is 5.52. The Labute approximate surface area is 347 Å². The van der Waals surface area contributed by atoms with E-state index < -0.39 is 133 Å². The molecule has 0 fully saturated rings. The first-order valence-electron chi connectivity index (χ1n) is 19.2. The van der Waals surface area contributed by atoms with Gasteiger partial charge in [0.05, 0.1) is 25.4 Å². The number of benzene rings is 1. The van der Waals surface area contributed by atoms with Crippen LogP contribution >= 0.6 is 0 Å². The molecule has 0 spiro atoms. The summed E-state index contributed by atoms with van der Waals surface area (Å²) in [5.41, 5.74) is 11.9. The van der Waals surface area contributed by atoms with E-state index in [0.717, 1.165) is 0 Å². The van der Waals surface area contributed by atoms with Crippen LogP contribution in [0.25, 0.3) is 0 Å². The third-order valence-electron chi connectivity index (χ3n) is 8.79. The number of carboxylic acid groups (broad SMARTS) is 2. The van der Waals surface area contributed by atoms with Gasteiger partial charge in [-0.1, -0.05) is 53.7 Å². The van der Waals surface area contributed by atoms with E-state index in [0.29, 0.717) is 5.56 Å². The van der Waals surface area contributed by atoms with Crippen LogP contribution in [-0.4, -0.2) is 123 Å². The van der Waals surface area contributed by atoms with Crippen molar-refractivity contribution in [2.75, 3.05) is 6.54 Å². The quantitative estimate of drug-likeness (QED) is 0.0470. The molecule has 8 amide bonds. The van der Waals surface area contributed by atoms with Crippen LogP contribution in [0.5, 0.6) is 5.75 Å². The van der Waals surface area contributed by atoms with Gasteiger partial charge < -0.3 is 64.0 Å². The fraction of sp³-hybridized carbons (Fsp3) is 0.579. The second-order valence-corrected chi connectivity index (χ2v) is 15.4. The zero-order chi connectivity index (χ0) is 46.0. The molecule has 0 aliphatic carbocycles. The molecule has 0 aromatic heterocycles. The van der Waals surface area contributed by atoms with Crippen molar-refractivity contribution in [3.05, 3.63) is 29.8 Å². The molecule has 0 bridgehead atoms. The van der Waals surface area contributed by atoms with Crippen molar-refractivity contribution in [3.8, 4) is 5.75 Å². The molecule has 7 unspecified atom stereocenters. The number of hydrogen-bond donors (Lipinski definition) is 12. The van der Waals surface area contributed by atoms with E-state index in [-0.39, 0.29) is 24.5 Å². The van der Waals surface area contributed by atoms with E-state index in [1.54, 1.807) is 39.8 Å². The minimum atomic E-state index is -1.83. The number of rotatable bonds is 25. The molecular weight excluding hydrogens is 790 g/mol. The van der Waals surface area contributed by atoms with Crippen LogP contribution in [0.3, 0.4) is 0 Å². The van der Waals surface area contributed by atoms with Crippen LogP contribution in [0.2, 0.25) is 0 Å². The number of phenols is 1. The normalized spacial score (nSPS) is 14.6. The monoisotopic (exact) mass is 849 g/mol. The van der Waals surface area contributed by atoms with E-state index in [1.165, 1.54) is 32.9 Å². The molecule has 0 aliphatic rings. The molecule has 0 saturated heterocycles. The van der Waals surface area contributed by atoms with E-state index in [9.17, 15) is 63.3 Å². The molecule has 0 aliphatic heterocycles. The smallest absolute Gasteiger partial charge is 0.326 e. The van der Waals surface area contributed by atoms with Crippen molar-refractivity contribution in [2.24, 2.45) is 29.2 Å². The Kier molecular flexibility index (Phi) is 21.2. The zero-order valence-corrected chi connectivity index (χ0v) is 34.7. The maximum Gasteiger partial charge on any atom is 0.326 e. The van der Waals surface area contributed by atoms with Gasteiger partial charge in [0.25, 0.3) is 0 Å². The SMILES string of the molecule is CC(C)CC(NC(=O)C(CC(=O)O)NC(=O)C(CC(N)=O)NC(=O)C(NC(=O)C(NC(=O)C(C)NC(=O)CNC(=O)C(N)Cc1ccc(O)cc1)C(C)C)C(C)C)C(=O)O. The number of carboxylic acids is 2. The molecule has 1 rings (SSSR count). The highest BCUT2D eigenvalue weighted by Crippen LogP contribution is 2.12. The highest BCUT2D eigenvalue weighted by Gasteiger charge is 2.36. The maximum absolute atomic E-state index is 13.6. The minimum Gasteiger partial charge on any atom is -0.508 e. The Morgan fingerprint density at radius 2 is 1.07 bits per heavy atom. The Hall–Kier alpha value is -6.32. The Morgan fingerprint density at radius 3 is 1.53 bits per heavy atom. The van der Waals surface area contributed by atoms with Crippen LogP contribution in [0.4, 0.5) is 0 Å². The lowest BCUT2D eigenvalue weighted by atomic mass is 9.99. The van der Waals surface area contributed by atoms with Gasteiger partial charge in [0.2, 0.25) is 47.3 Å². The van der Waals surface area contributed by atoms with Gasteiger partial charge in [-0.3, -0.25) is 43.2 Å². The Balaban J connectivity index is 3.01. The van der Waals surface area contributed by atoms with Crippen molar-refractivity contribution >= 4 is 59.2 Å². The van der Waals surface area contributed by atoms with Crippen molar-refractivity contribution in [1.82, 2.24) is 37.2 Å². The number of hydrogen-bond acceptors (Lipinski definition) is 12. The van der Waals surface area contributed by atoms with Gasteiger partial charge in [-0.05, 0) is 55.2 Å². The molecule has 1 aromatic rings. The summed E-state index contributed by atoms with van der Waals surface area (Å²) in [6, 6.07) is -3.87. The number of amides is 8. The van der Waals surface area contributed by atoms with Gasteiger partial charge in [0, 0.05) is 0 Å². The number of nitrogens with one attached hydrogen (secondary N) is 7. The first-order valence-corrected chi connectivity index (χ1v) is 19.2. The molecule has 0 heterocycles. The summed E-state index contributed by atoms with van der Waals surface area (Å²) in [4.78, 5) is 127. The van der Waals surface area contributed by atoms with E-state index in [4.69, 9.17) is 11.5 Å². The van der Waals surface area contributed by atoms with Crippen LogP contribution in [0, 0.1) is 17.8 Å². The summed E-state index contributed by atoms with van der Waals surface area (Å²) in [6.45, 7) is 10.5. The van der Waals surface area contributed by atoms with Gasteiger partial charge in [0.15, 0.2) is 0 Å². The molecule has 22 nitrogen and oxygen atoms in total. The van der Waals surface area contributed by atoms with Crippen molar-refractivity contribution in [3.63, 3.8) is 0 Å². The standard InChI is InChI=1S/C38H59N9O13/c1-17(2)12-26(38(59)60)45-35(56)25(15-29(51)52)43-34(55)24(14-27(40)49)44-36(57)30(18(3)4)47-37(58)31(19(5)6)46-32(53)20(7)42-28(50)16-41-33(54)23(39)13-21-8-10-22(48)11-9-21/h8-11,17-20,23-26,30-31,48H,12-16,39H2,1-7H3,(H2,40,49)(H,41,54)(H,42,50)(H,43,55)(H,44,57)(H,45,56)(H,46,53)(H,47,58)(H,51,52)(H,59,60). The topological polar surface area (TPSA) is 368 Å². The van der Waals surface area contributed by atoms with Crippen molar-refractivity contribution in [1.29, 1.82) is 0 Å².